The predicted molar refractivity (Wildman–Crippen MR) is 85.6 cm³/mol. The third-order valence-corrected chi connectivity index (χ3v) is 4.11. The maximum absolute atomic E-state index is 9.26. The van der Waals surface area contributed by atoms with E-state index in [1.807, 2.05) is 12.1 Å². The Morgan fingerprint density at radius 1 is 1.41 bits per heavy atom. The SMILES string of the molecule is COC[C@@](C)(CCO)NCc1cc(OC)cc2c1O[C@@H](C)C2. The maximum atomic E-state index is 9.26. The molecule has 1 aliphatic rings. The summed E-state index contributed by atoms with van der Waals surface area (Å²) in [5.74, 6) is 1.81. The highest BCUT2D eigenvalue weighted by molar-refractivity contribution is 5.49. The summed E-state index contributed by atoms with van der Waals surface area (Å²) in [5, 5.41) is 12.7. The Hall–Kier alpha value is -1.30. The zero-order chi connectivity index (χ0) is 16.2. The first-order valence-corrected chi connectivity index (χ1v) is 7.72. The molecule has 0 spiro atoms. The summed E-state index contributed by atoms with van der Waals surface area (Å²) in [5.41, 5.74) is 2.00. The highest BCUT2D eigenvalue weighted by Gasteiger charge is 2.27. The molecule has 1 aromatic carbocycles. The second-order valence-electron chi connectivity index (χ2n) is 6.23. The Bertz CT molecular complexity index is 498. The topological polar surface area (TPSA) is 60.0 Å². The Morgan fingerprint density at radius 3 is 2.82 bits per heavy atom. The highest BCUT2D eigenvalue weighted by atomic mass is 16.5. The minimum absolute atomic E-state index is 0.122. The number of hydrogen-bond donors (Lipinski definition) is 2. The number of nitrogens with one attached hydrogen (secondary N) is 1. The van der Waals surface area contributed by atoms with Gasteiger partial charge in [-0.2, -0.15) is 0 Å². The van der Waals surface area contributed by atoms with Crippen molar-refractivity contribution in [2.75, 3.05) is 27.4 Å². The van der Waals surface area contributed by atoms with Crippen molar-refractivity contribution in [3.8, 4) is 11.5 Å². The third kappa shape index (κ3) is 3.91. The minimum atomic E-state index is -0.274. The summed E-state index contributed by atoms with van der Waals surface area (Å²) in [6, 6.07) is 4.06. The first-order valence-electron chi connectivity index (χ1n) is 7.72. The standard InChI is InChI=1S/C17H27NO4/c1-12-7-13-8-15(21-4)9-14(16(13)22-12)10-18-17(2,5-6-19)11-20-3/h8-9,12,18-19H,5-7,10-11H2,1-4H3/t12-,17+/m0/s1. The van der Waals surface area contributed by atoms with E-state index in [4.69, 9.17) is 14.2 Å². The summed E-state index contributed by atoms with van der Waals surface area (Å²) in [7, 11) is 3.35. The van der Waals surface area contributed by atoms with Crippen LogP contribution in [-0.4, -0.2) is 44.2 Å². The fourth-order valence-electron chi connectivity index (χ4n) is 2.91. The van der Waals surface area contributed by atoms with Gasteiger partial charge in [-0.1, -0.05) is 0 Å². The Labute approximate surface area is 132 Å². The van der Waals surface area contributed by atoms with E-state index < -0.39 is 0 Å². The molecule has 2 N–H and O–H groups in total. The Balaban J connectivity index is 2.17. The lowest BCUT2D eigenvalue weighted by Gasteiger charge is -2.30. The molecule has 0 saturated heterocycles. The van der Waals surface area contributed by atoms with Gasteiger partial charge in [0.2, 0.25) is 0 Å². The van der Waals surface area contributed by atoms with Crippen molar-refractivity contribution < 1.29 is 19.3 Å². The molecule has 0 radical (unpaired) electrons. The van der Waals surface area contributed by atoms with Crippen LogP contribution in [0.2, 0.25) is 0 Å². The lowest BCUT2D eigenvalue weighted by molar-refractivity contribution is 0.0967. The van der Waals surface area contributed by atoms with E-state index in [1.54, 1.807) is 14.2 Å². The second kappa shape index (κ2) is 7.31. The van der Waals surface area contributed by atoms with Crippen molar-refractivity contribution in [2.24, 2.45) is 0 Å². The van der Waals surface area contributed by atoms with E-state index in [0.29, 0.717) is 19.6 Å². The third-order valence-electron chi connectivity index (χ3n) is 4.11. The van der Waals surface area contributed by atoms with Crippen LogP contribution in [0, 0.1) is 0 Å². The molecule has 0 fully saturated rings. The van der Waals surface area contributed by atoms with E-state index >= 15 is 0 Å². The van der Waals surface area contributed by atoms with Crippen LogP contribution in [0.25, 0.3) is 0 Å². The monoisotopic (exact) mass is 309 g/mol. The molecule has 1 aromatic rings. The normalized spacial score (nSPS) is 19.4. The number of hydrogen-bond acceptors (Lipinski definition) is 5. The highest BCUT2D eigenvalue weighted by Crippen LogP contribution is 2.36. The van der Waals surface area contributed by atoms with Gasteiger partial charge < -0.3 is 24.6 Å². The molecular weight excluding hydrogens is 282 g/mol. The molecule has 2 rings (SSSR count). The van der Waals surface area contributed by atoms with Gasteiger partial charge in [-0.15, -0.1) is 0 Å². The van der Waals surface area contributed by atoms with Crippen LogP contribution < -0.4 is 14.8 Å². The lowest BCUT2D eigenvalue weighted by atomic mass is 9.98. The molecule has 0 unspecified atom stereocenters. The molecule has 22 heavy (non-hydrogen) atoms. The largest absolute Gasteiger partial charge is 0.497 e. The second-order valence-corrected chi connectivity index (χ2v) is 6.23. The van der Waals surface area contributed by atoms with Crippen LogP contribution in [0.4, 0.5) is 0 Å². The van der Waals surface area contributed by atoms with Crippen molar-refractivity contribution in [3.05, 3.63) is 23.3 Å². The number of benzene rings is 1. The van der Waals surface area contributed by atoms with Crippen molar-refractivity contribution in [1.82, 2.24) is 5.32 Å². The molecule has 0 aliphatic carbocycles. The summed E-state index contributed by atoms with van der Waals surface area (Å²) < 4.78 is 16.6. The Morgan fingerprint density at radius 2 is 2.18 bits per heavy atom. The number of aliphatic hydroxyl groups excluding tert-OH is 1. The quantitative estimate of drug-likeness (QED) is 0.768. The number of ether oxygens (including phenoxy) is 3. The zero-order valence-corrected chi connectivity index (χ0v) is 13.9. The van der Waals surface area contributed by atoms with Crippen molar-refractivity contribution >= 4 is 0 Å². The molecule has 0 saturated carbocycles. The molecule has 5 nitrogen and oxygen atoms in total. The Kier molecular flexibility index (Phi) is 5.67. The molecule has 5 heteroatoms. The van der Waals surface area contributed by atoms with Crippen LogP contribution in [0.3, 0.4) is 0 Å². The predicted octanol–water partition coefficient (Wildman–Crippen LogP) is 1.90. The van der Waals surface area contributed by atoms with Crippen LogP contribution in [-0.2, 0) is 17.7 Å². The average Bonchev–Trinajstić information content (AvgIpc) is 2.85. The molecule has 124 valence electrons. The van der Waals surface area contributed by atoms with E-state index in [2.05, 4.69) is 19.2 Å². The van der Waals surface area contributed by atoms with Gasteiger partial charge in [-0.25, -0.2) is 0 Å². The first kappa shape index (κ1) is 17.1. The van der Waals surface area contributed by atoms with Gasteiger partial charge in [0.1, 0.15) is 17.6 Å². The number of rotatable bonds is 8. The molecule has 0 aromatic heterocycles. The van der Waals surface area contributed by atoms with Crippen molar-refractivity contribution in [2.45, 2.75) is 44.9 Å². The maximum Gasteiger partial charge on any atom is 0.127 e. The molecule has 2 atom stereocenters. The minimum Gasteiger partial charge on any atom is -0.497 e. The zero-order valence-electron chi connectivity index (χ0n) is 13.9. The summed E-state index contributed by atoms with van der Waals surface area (Å²) in [4.78, 5) is 0. The van der Waals surface area contributed by atoms with E-state index in [1.165, 1.54) is 5.56 Å². The van der Waals surface area contributed by atoms with Gasteiger partial charge >= 0.3 is 0 Å². The van der Waals surface area contributed by atoms with Crippen molar-refractivity contribution in [3.63, 3.8) is 0 Å². The van der Waals surface area contributed by atoms with Gasteiger partial charge in [0.25, 0.3) is 0 Å². The van der Waals surface area contributed by atoms with Gasteiger partial charge in [0.15, 0.2) is 0 Å². The van der Waals surface area contributed by atoms with Gasteiger partial charge in [-0.3, -0.25) is 0 Å². The van der Waals surface area contributed by atoms with Crippen LogP contribution >= 0.6 is 0 Å². The first-order chi connectivity index (χ1) is 10.5. The van der Waals surface area contributed by atoms with Crippen LogP contribution in [0.15, 0.2) is 12.1 Å². The lowest BCUT2D eigenvalue weighted by Crippen LogP contribution is -2.46. The molecular formula is C17H27NO4. The van der Waals surface area contributed by atoms with Crippen LogP contribution in [0.5, 0.6) is 11.5 Å². The van der Waals surface area contributed by atoms with Gasteiger partial charge in [0, 0.05) is 43.3 Å². The fraction of sp³-hybridized carbons (Fsp3) is 0.647. The van der Waals surface area contributed by atoms with Gasteiger partial charge in [-0.05, 0) is 32.4 Å². The number of methoxy groups -OCH3 is 2. The van der Waals surface area contributed by atoms with Crippen molar-refractivity contribution in [1.29, 1.82) is 0 Å². The fourth-order valence-corrected chi connectivity index (χ4v) is 2.91. The molecule has 1 heterocycles. The smallest absolute Gasteiger partial charge is 0.127 e. The number of aliphatic hydroxyl groups is 1. The average molecular weight is 309 g/mol. The van der Waals surface area contributed by atoms with E-state index in [0.717, 1.165) is 23.5 Å². The summed E-state index contributed by atoms with van der Waals surface area (Å²) in [6.07, 6.45) is 1.74. The summed E-state index contributed by atoms with van der Waals surface area (Å²) in [6.45, 7) is 5.43. The van der Waals surface area contributed by atoms with E-state index in [-0.39, 0.29) is 18.2 Å². The molecule has 0 bridgehead atoms. The van der Waals surface area contributed by atoms with Gasteiger partial charge in [0.05, 0.1) is 13.7 Å². The van der Waals surface area contributed by atoms with E-state index in [9.17, 15) is 5.11 Å². The number of fused-ring (bicyclic) bond motifs is 1. The molecule has 1 aliphatic heterocycles. The summed E-state index contributed by atoms with van der Waals surface area (Å²) >= 11 is 0. The molecule has 0 amide bonds. The van der Waals surface area contributed by atoms with Crippen LogP contribution in [0.1, 0.15) is 31.4 Å².